The van der Waals surface area contributed by atoms with Gasteiger partial charge in [0, 0.05) is 11.6 Å². The smallest absolute Gasteiger partial charge is 0.259 e. The Labute approximate surface area is 218 Å². The van der Waals surface area contributed by atoms with E-state index in [-0.39, 0.29) is 23.1 Å². The van der Waals surface area contributed by atoms with Crippen LogP contribution in [-0.4, -0.2) is 51.8 Å². The molecule has 196 valence electrons. The van der Waals surface area contributed by atoms with Gasteiger partial charge in [0.05, 0.1) is 17.3 Å². The quantitative estimate of drug-likeness (QED) is 0.500. The maximum Gasteiger partial charge on any atom is 0.259 e. The molecule has 2 atom stereocenters. The standard InChI is InChI=1S/C30H37N3O4/c1-19(2)30(29(35)33-17-23-14-20(3)4-6-26(23)36-18-33)11-8-24(16-30)32-12-9-21(10-13-32)22-5-7-27-25(15-22)28(34)31-37-27/h4-7,14-15,19,21,24H,8-13,16-18H2,1-3H3,(H,31,34)/t24-,30+/m1/s1. The third-order valence-corrected chi connectivity index (χ3v) is 9.29. The fourth-order valence-electron chi connectivity index (χ4n) is 6.94. The number of carbonyl (C=O) groups is 1. The van der Waals surface area contributed by atoms with Crippen LogP contribution < -0.4 is 4.74 Å². The van der Waals surface area contributed by atoms with Crippen molar-refractivity contribution in [3.8, 4) is 11.6 Å². The number of hydrogen-bond donors (Lipinski definition) is 1. The maximum atomic E-state index is 14.0. The number of fused-ring (bicyclic) bond motifs is 2. The van der Waals surface area contributed by atoms with Gasteiger partial charge in [-0.15, -0.1) is 0 Å². The second kappa shape index (κ2) is 9.35. The SMILES string of the molecule is Cc1ccc2c(c1)CN(C(=O)[C@@]1(C(C)C)CC[C@@H](N3CCC(c4ccc5onc(O)c5c4)CC3)C1)CO2. The molecule has 37 heavy (non-hydrogen) atoms. The fourth-order valence-corrected chi connectivity index (χ4v) is 6.94. The second-order valence-corrected chi connectivity index (χ2v) is 11.7. The number of piperidine rings is 1. The van der Waals surface area contributed by atoms with E-state index in [1.54, 1.807) is 0 Å². The molecule has 1 N–H and O–H groups in total. The number of rotatable bonds is 4. The van der Waals surface area contributed by atoms with Crippen molar-refractivity contribution < 1.29 is 19.2 Å². The Hall–Kier alpha value is -3.06. The number of nitrogens with zero attached hydrogens (tertiary/aromatic N) is 3. The molecule has 3 aromatic rings. The van der Waals surface area contributed by atoms with Gasteiger partial charge in [0.15, 0.2) is 12.3 Å². The van der Waals surface area contributed by atoms with Gasteiger partial charge in [0.2, 0.25) is 5.91 Å². The lowest BCUT2D eigenvalue weighted by Gasteiger charge is -2.41. The van der Waals surface area contributed by atoms with Crippen LogP contribution in [0.4, 0.5) is 0 Å². The van der Waals surface area contributed by atoms with Crippen LogP contribution in [0.25, 0.3) is 11.0 Å². The molecule has 0 radical (unpaired) electrons. The summed E-state index contributed by atoms with van der Waals surface area (Å²) in [6.45, 7) is 9.54. The summed E-state index contributed by atoms with van der Waals surface area (Å²) in [5.74, 6) is 1.87. The van der Waals surface area contributed by atoms with Crippen LogP contribution in [0.1, 0.15) is 68.6 Å². The van der Waals surface area contributed by atoms with Crippen LogP contribution in [0.5, 0.6) is 11.6 Å². The molecule has 1 saturated heterocycles. The first-order chi connectivity index (χ1) is 17.8. The topological polar surface area (TPSA) is 79.0 Å². The number of amides is 1. The minimum atomic E-state index is -0.330. The molecule has 3 aliphatic rings. The van der Waals surface area contributed by atoms with E-state index >= 15 is 0 Å². The van der Waals surface area contributed by atoms with E-state index in [1.165, 1.54) is 11.1 Å². The van der Waals surface area contributed by atoms with Gasteiger partial charge in [-0.05, 0) is 92.9 Å². The molecule has 1 amide bonds. The summed E-state index contributed by atoms with van der Waals surface area (Å²) in [6, 6.07) is 12.7. The summed E-state index contributed by atoms with van der Waals surface area (Å²) in [5.41, 5.74) is 3.83. The minimum Gasteiger partial charge on any atom is -0.491 e. The van der Waals surface area contributed by atoms with Crippen LogP contribution in [0.3, 0.4) is 0 Å². The molecule has 1 saturated carbocycles. The molecule has 0 bridgehead atoms. The van der Waals surface area contributed by atoms with Crippen molar-refractivity contribution >= 4 is 16.9 Å². The van der Waals surface area contributed by atoms with Gasteiger partial charge in [-0.3, -0.25) is 4.79 Å². The largest absolute Gasteiger partial charge is 0.491 e. The summed E-state index contributed by atoms with van der Waals surface area (Å²) >= 11 is 0. The van der Waals surface area contributed by atoms with Gasteiger partial charge in [-0.1, -0.05) is 37.6 Å². The molecule has 1 aliphatic carbocycles. The molecule has 2 aromatic carbocycles. The molecule has 7 heteroatoms. The summed E-state index contributed by atoms with van der Waals surface area (Å²) in [4.78, 5) is 18.6. The Bertz CT molecular complexity index is 1310. The van der Waals surface area contributed by atoms with Gasteiger partial charge < -0.3 is 24.2 Å². The highest BCUT2D eigenvalue weighted by Crippen LogP contribution is 2.49. The average molecular weight is 504 g/mol. The number of carbonyl (C=O) groups excluding carboxylic acids is 1. The first kappa shape index (κ1) is 24.3. The number of aromatic nitrogens is 1. The maximum absolute atomic E-state index is 14.0. The Kier molecular flexibility index (Phi) is 6.14. The number of hydrogen-bond acceptors (Lipinski definition) is 6. The van der Waals surface area contributed by atoms with Crippen molar-refractivity contribution in [1.29, 1.82) is 0 Å². The molecule has 3 heterocycles. The molecule has 2 aliphatic heterocycles. The number of ether oxygens (including phenoxy) is 1. The van der Waals surface area contributed by atoms with Crippen LogP contribution in [0.15, 0.2) is 40.9 Å². The molecule has 0 spiro atoms. The Morgan fingerprint density at radius 2 is 1.95 bits per heavy atom. The zero-order valence-corrected chi connectivity index (χ0v) is 22.1. The van der Waals surface area contributed by atoms with E-state index < -0.39 is 0 Å². The first-order valence-electron chi connectivity index (χ1n) is 13.7. The Morgan fingerprint density at radius 1 is 1.14 bits per heavy atom. The zero-order valence-electron chi connectivity index (χ0n) is 22.1. The van der Waals surface area contributed by atoms with Crippen LogP contribution in [-0.2, 0) is 11.3 Å². The summed E-state index contributed by atoms with van der Waals surface area (Å²) < 4.78 is 11.1. The predicted molar refractivity (Wildman–Crippen MR) is 141 cm³/mol. The lowest BCUT2D eigenvalue weighted by Crippen LogP contribution is -2.49. The molecular formula is C30H37N3O4. The van der Waals surface area contributed by atoms with Gasteiger partial charge in [-0.25, -0.2) is 0 Å². The highest BCUT2D eigenvalue weighted by molar-refractivity contribution is 5.84. The van der Waals surface area contributed by atoms with Crippen molar-refractivity contribution in [2.75, 3.05) is 19.8 Å². The third kappa shape index (κ3) is 4.27. The molecular weight excluding hydrogens is 466 g/mol. The van der Waals surface area contributed by atoms with E-state index in [9.17, 15) is 9.90 Å². The molecule has 6 rings (SSSR count). The molecule has 0 unspecified atom stereocenters. The van der Waals surface area contributed by atoms with Crippen molar-refractivity contribution in [3.63, 3.8) is 0 Å². The highest BCUT2D eigenvalue weighted by atomic mass is 16.5. The summed E-state index contributed by atoms with van der Waals surface area (Å²) in [5, 5.41) is 14.3. The van der Waals surface area contributed by atoms with Crippen molar-refractivity contribution in [2.24, 2.45) is 11.3 Å². The van der Waals surface area contributed by atoms with E-state index in [2.05, 4.69) is 49.0 Å². The Balaban J connectivity index is 1.12. The number of benzene rings is 2. The normalized spacial score (nSPS) is 25.0. The lowest BCUT2D eigenvalue weighted by molar-refractivity contribution is -0.150. The van der Waals surface area contributed by atoms with Crippen molar-refractivity contribution in [2.45, 2.75) is 71.4 Å². The summed E-state index contributed by atoms with van der Waals surface area (Å²) in [6.07, 6.45) is 5.08. The van der Waals surface area contributed by atoms with Crippen molar-refractivity contribution in [1.82, 2.24) is 15.0 Å². The van der Waals surface area contributed by atoms with E-state index in [0.29, 0.717) is 36.2 Å². The van der Waals surface area contributed by atoms with E-state index in [4.69, 9.17) is 9.26 Å². The molecule has 7 nitrogen and oxygen atoms in total. The molecule has 2 fully saturated rings. The van der Waals surface area contributed by atoms with Gasteiger partial charge in [-0.2, -0.15) is 0 Å². The average Bonchev–Trinajstić information content (AvgIpc) is 3.53. The predicted octanol–water partition coefficient (Wildman–Crippen LogP) is 5.59. The lowest BCUT2D eigenvalue weighted by atomic mass is 9.74. The van der Waals surface area contributed by atoms with Crippen LogP contribution >= 0.6 is 0 Å². The minimum absolute atomic E-state index is 0.0346. The number of aromatic hydroxyl groups is 1. The van der Waals surface area contributed by atoms with Crippen LogP contribution in [0.2, 0.25) is 0 Å². The van der Waals surface area contributed by atoms with E-state index in [0.717, 1.165) is 56.5 Å². The van der Waals surface area contributed by atoms with Gasteiger partial charge in [0.25, 0.3) is 5.88 Å². The van der Waals surface area contributed by atoms with Crippen molar-refractivity contribution in [3.05, 3.63) is 53.1 Å². The van der Waals surface area contributed by atoms with Gasteiger partial charge in [0.1, 0.15) is 5.75 Å². The number of aryl methyl sites for hydroxylation is 1. The monoisotopic (exact) mass is 503 g/mol. The first-order valence-corrected chi connectivity index (χ1v) is 13.7. The third-order valence-electron chi connectivity index (χ3n) is 9.29. The Morgan fingerprint density at radius 3 is 2.73 bits per heavy atom. The fraction of sp³-hybridized carbons (Fsp3) is 0.533. The van der Waals surface area contributed by atoms with E-state index in [1.807, 2.05) is 23.1 Å². The van der Waals surface area contributed by atoms with Crippen LogP contribution in [0, 0.1) is 18.3 Å². The number of likely N-dealkylation sites (tertiary alicyclic amines) is 1. The summed E-state index contributed by atoms with van der Waals surface area (Å²) in [7, 11) is 0. The second-order valence-electron chi connectivity index (χ2n) is 11.7. The van der Waals surface area contributed by atoms with Gasteiger partial charge >= 0.3 is 0 Å². The molecule has 1 aromatic heterocycles. The zero-order chi connectivity index (χ0) is 25.7. The highest BCUT2D eigenvalue weighted by Gasteiger charge is 2.51.